The Morgan fingerprint density at radius 2 is 2.18 bits per heavy atom. The summed E-state index contributed by atoms with van der Waals surface area (Å²) in [5, 5.41) is 9.40. The molecular formula is C7H4N3S+. The van der Waals surface area contributed by atoms with E-state index in [0.29, 0.717) is 5.82 Å². The number of hydrogen-bond donors (Lipinski definition) is 0. The molecule has 2 rings (SSSR count). The summed E-state index contributed by atoms with van der Waals surface area (Å²) in [7, 11) is 0. The number of rotatable bonds is 0. The van der Waals surface area contributed by atoms with Crippen molar-refractivity contribution in [2.45, 2.75) is 0 Å². The van der Waals surface area contributed by atoms with Gasteiger partial charge in [0.1, 0.15) is 5.39 Å². The number of nitrogens with zero attached hydrogens (tertiary/aromatic N) is 3. The van der Waals surface area contributed by atoms with E-state index in [1.165, 1.54) is 11.5 Å². The van der Waals surface area contributed by atoms with Gasteiger partial charge >= 0.3 is 5.82 Å². The summed E-state index contributed by atoms with van der Waals surface area (Å²) >= 11 is 1.33. The van der Waals surface area contributed by atoms with Crippen molar-refractivity contribution in [1.29, 1.82) is 5.39 Å². The summed E-state index contributed by atoms with van der Waals surface area (Å²) < 4.78 is 4.98. The van der Waals surface area contributed by atoms with Gasteiger partial charge in [-0.2, -0.15) is 0 Å². The molecule has 0 aliphatic carbocycles. The van der Waals surface area contributed by atoms with Gasteiger partial charge in [-0.15, -0.1) is 0 Å². The third-order valence-electron chi connectivity index (χ3n) is 1.45. The second-order valence-electron chi connectivity index (χ2n) is 2.10. The average Bonchev–Trinajstić information content (AvgIpc) is 2.47. The highest BCUT2D eigenvalue weighted by atomic mass is 32.1. The van der Waals surface area contributed by atoms with Crippen molar-refractivity contribution in [3.63, 3.8) is 0 Å². The summed E-state index contributed by atoms with van der Waals surface area (Å²) in [6, 6.07) is 7.66. The Morgan fingerprint density at radius 1 is 1.36 bits per heavy atom. The van der Waals surface area contributed by atoms with Crippen molar-refractivity contribution < 1.29 is 0 Å². The maximum atomic E-state index is 8.49. The van der Waals surface area contributed by atoms with Crippen LogP contribution in [0.2, 0.25) is 0 Å². The van der Waals surface area contributed by atoms with Crippen LogP contribution in [-0.2, 0) is 0 Å². The zero-order valence-electron chi connectivity index (χ0n) is 5.56. The molecule has 2 aromatic rings. The highest BCUT2D eigenvalue weighted by molar-refractivity contribution is 7.13. The SMILES string of the molecule is N#[N+]c1nsc2ccccc12. The Balaban J connectivity index is 2.89. The van der Waals surface area contributed by atoms with Crippen LogP contribution >= 0.6 is 11.5 Å². The van der Waals surface area contributed by atoms with Crippen molar-refractivity contribution in [1.82, 2.24) is 4.37 Å². The first-order valence-corrected chi connectivity index (χ1v) is 3.88. The minimum absolute atomic E-state index is 0.408. The van der Waals surface area contributed by atoms with Crippen LogP contribution in [0.15, 0.2) is 24.3 Å². The monoisotopic (exact) mass is 162 g/mol. The van der Waals surface area contributed by atoms with Gasteiger partial charge in [-0.25, -0.2) is 0 Å². The van der Waals surface area contributed by atoms with E-state index in [2.05, 4.69) is 9.35 Å². The standard InChI is InChI=1S/C7H4N3S/c8-9-7-5-3-1-2-4-6(5)11-10-7/h1-4H/q+1. The largest absolute Gasteiger partial charge is 0.485 e. The van der Waals surface area contributed by atoms with E-state index in [9.17, 15) is 0 Å². The fourth-order valence-corrected chi connectivity index (χ4v) is 1.66. The first-order chi connectivity index (χ1) is 5.42. The summed E-state index contributed by atoms with van der Waals surface area (Å²) in [4.78, 5) is 3.06. The van der Waals surface area contributed by atoms with Crippen LogP contribution < -0.4 is 0 Å². The summed E-state index contributed by atoms with van der Waals surface area (Å²) in [6.07, 6.45) is 0. The molecule has 0 radical (unpaired) electrons. The molecule has 1 aromatic carbocycles. The molecule has 0 saturated carbocycles. The Labute approximate surface area is 67.1 Å². The second kappa shape index (κ2) is 2.29. The van der Waals surface area contributed by atoms with E-state index in [1.807, 2.05) is 24.3 Å². The third-order valence-corrected chi connectivity index (χ3v) is 2.27. The molecule has 0 bridgehead atoms. The lowest BCUT2D eigenvalue weighted by molar-refractivity contribution is 1.44. The number of hydrogen-bond acceptors (Lipinski definition) is 3. The molecule has 0 spiro atoms. The van der Waals surface area contributed by atoms with Crippen LogP contribution in [0, 0.1) is 5.39 Å². The van der Waals surface area contributed by atoms with Crippen molar-refractivity contribution in [3.8, 4) is 0 Å². The molecule has 0 aliphatic rings. The topological polar surface area (TPSA) is 41.0 Å². The lowest BCUT2D eigenvalue weighted by Gasteiger charge is -1.77. The Kier molecular flexibility index (Phi) is 1.30. The molecule has 0 fully saturated rings. The molecule has 0 amide bonds. The van der Waals surface area contributed by atoms with Gasteiger partial charge in [0, 0.05) is 9.35 Å². The smallest absolute Gasteiger partial charge is 0.0612 e. The zero-order chi connectivity index (χ0) is 7.68. The molecule has 4 heteroatoms. The van der Waals surface area contributed by atoms with Gasteiger partial charge in [-0.05, 0) is 12.1 Å². The zero-order valence-corrected chi connectivity index (χ0v) is 6.38. The maximum absolute atomic E-state index is 8.49. The van der Waals surface area contributed by atoms with Gasteiger partial charge in [-0.3, -0.25) is 0 Å². The molecule has 0 aliphatic heterocycles. The van der Waals surface area contributed by atoms with Crippen LogP contribution in [0.3, 0.4) is 0 Å². The van der Waals surface area contributed by atoms with Crippen LogP contribution in [0.4, 0.5) is 5.82 Å². The van der Waals surface area contributed by atoms with Gasteiger partial charge in [0.15, 0.2) is 0 Å². The van der Waals surface area contributed by atoms with E-state index in [4.69, 9.17) is 5.39 Å². The van der Waals surface area contributed by atoms with Crippen molar-refractivity contribution in [3.05, 3.63) is 29.2 Å². The summed E-state index contributed by atoms with van der Waals surface area (Å²) in [5.41, 5.74) is 0. The Bertz CT molecular complexity index is 426. The number of aromatic nitrogens is 1. The van der Waals surface area contributed by atoms with Crippen molar-refractivity contribution >= 4 is 27.4 Å². The van der Waals surface area contributed by atoms with E-state index in [0.717, 1.165) is 10.1 Å². The quantitative estimate of drug-likeness (QED) is 0.559. The molecule has 52 valence electrons. The van der Waals surface area contributed by atoms with Crippen LogP contribution in [0.5, 0.6) is 0 Å². The summed E-state index contributed by atoms with van der Waals surface area (Å²) in [6.45, 7) is 0. The molecule has 0 unspecified atom stereocenters. The average molecular weight is 162 g/mol. The van der Waals surface area contributed by atoms with E-state index < -0.39 is 0 Å². The fourth-order valence-electron chi connectivity index (χ4n) is 0.945. The minimum Gasteiger partial charge on any atom is -0.0612 e. The third kappa shape index (κ3) is 0.863. The highest BCUT2D eigenvalue weighted by Gasteiger charge is 2.15. The number of diazo groups is 1. The van der Waals surface area contributed by atoms with Crippen molar-refractivity contribution in [2.24, 2.45) is 0 Å². The fraction of sp³-hybridized carbons (Fsp3) is 0. The molecule has 1 aromatic heterocycles. The molecule has 0 saturated heterocycles. The molecule has 11 heavy (non-hydrogen) atoms. The predicted octanol–water partition coefficient (Wildman–Crippen LogP) is 2.78. The first-order valence-electron chi connectivity index (χ1n) is 3.11. The van der Waals surface area contributed by atoms with Gasteiger partial charge in [0.25, 0.3) is 0 Å². The van der Waals surface area contributed by atoms with Crippen LogP contribution in [0.1, 0.15) is 0 Å². The van der Waals surface area contributed by atoms with Crippen LogP contribution in [-0.4, -0.2) is 4.37 Å². The Morgan fingerprint density at radius 3 is 3.00 bits per heavy atom. The lowest BCUT2D eigenvalue weighted by atomic mass is 10.3. The molecular weight excluding hydrogens is 158 g/mol. The van der Waals surface area contributed by atoms with E-state index in [1.54, 1.807) is 0 Å². The summed E-state index contributed by atoms with van der Waals surface area (Å²) in [5.74, 6) is 0.408. The molecule has 1 heterocycles. The molecule has 0 N–H and O–H groups in total. The van der Waals surface area contributed by atoms with Crippen LogP contribution in [0.25, 0.3) is 15.1 Å². The van der Waals surface area contributed by atoms with Gasteiger partial charge in [0.2, 0.25) is 0 Å². The predicted molar refractivity (Wildman–Crippen MR) is 44.4 cm³/mol. The van der Waals surface area contributed by atoms with Gasteiger partial charge in [0.05, 0.1) is 21.6 Å². The molecule has 0 atom stereocenters. The lowest BCUT2D eigenvalue weighted by Crippen LogP contribution is -1.59. The maximum Gasteiger partial charge on any atom is 0.485 e. The second-order valence-corrected chi connectivity index (χ2v) is 2.91. The van der Waals surface area contributed by atoms with E-state index in [-0.39, 0.29) is 0 Å². The highest BCUT2D eigenvalue weighted by Crippen LogP contribution is 2.27. The van der Waals surface area contributed by atoms with E-state index >= 15 is 0 Å². The number of benzene rings is 1. The van der Waals surface area contributed by atoms with Gasteiger partial charge < -0.3 is 0 Å². The minimum atomic E-state index is 0.408. The number of fused-ring (bicyclic) bond motifs is 1. The van der Waals surface area contributed by atoms with Crippen molar-refractivity contribution in [2.75, 3.05) is 0 Å². The molecule has 3 nitrogen and oxygen atoms in total. The van der Waals surface area contributed by atoms with Gasteiger partial charge in [-0.1, -0.05) is 12.1 Å². The first kappa shape index (κ1) is 6.25. The normalized spacial score (nSPS) is 9.73. The Hall–Kier alpha value is -1.47.